The number of hydrogen-bond donors (Lipinski definition) is 1. The van der Waals surface area contributed by atoms with E-state index in [4.69, 9.17) is 0 Å². The zero-order valence-electron chi connectivity index (χ0n) is 15.8. The summed E-state index contributed by atoms with van der Waals surface area (Å²) in [5.41, 5.74) is 1.49. The average molecular weight is 397 g/mol. The van der Waals surface area contributed by atoms with E-state index in [1.807, 2.05) is 18.2 Å². The van der Waals surface area contributed by atoms with Gasteiger partial charge in [0.2, 0.25) is 11.8 Å². The van der Waals surface area contributed by atoms with Crippen LogP contribution in [-0.4, -0.2) is 60.5 Å². The van der Waals surface area contributed by atoms with Gasteiger partial charge in [0.25, 0.3) is 0 Å². The van der Waals surface area contributed by atoms with Gasteiger partial charge in [-0.3, -0.25) is 14.5 Å². The fraction of sp³-hybridized carbons (Fsp3) is 0.600. The molecule has 28 heavy (non-hydrogen) atoms. The van der Waals surface area contributed by atoms with Crippen molar-refractivity contribution in [1.29, 1.82) is 0 Å². The van der Waals surface area contributed by atoms with Crippen LogP contribution >= 0.6 is 0 Å². The predicted molar refractivity (Wildman–Crippen MR) is 98.3 cm³/mol. The highest BCUT2D eigenvalue weighted by atomic mass is 19.4. The van der Waals surface area contributed by atoms with E-state index in [1.165, 1.54) is 5.56 Å². The van der Waals surface area contributed by atoms with Gasteiger partial charge in [0.15, 0.2) is 0 Å². The van der Waals surface area contributed by atoms with Gasteiger partial charge in [0, 0.05) is 26.2 Å². The number of amides is 2. The molecule has 0 saturated carbocycles. The molecule has 1 N–H and O–H groups in total. The molecule has 154 valence electrons. The topological polar surface area (TPSA) is 52.7 Å². The molecule has 2 fully saturated rings. The number of carbonyl (C=O) groups excluding carboxylic acids is 2. The highest BCUT2D eigenvalue weighted by Gasteiger charge is 2.41. The number of carbonyl (C=O) groups is 2. The molecule has 2 heterocycles. The average Bonchev–Trinajstić information content (AvgIpc) is 3.03. The third-order valence-electron chi connectivity index (χ3n) is 5.74. The van der Waals surface area contributed by atoms with Crippen molar-refractivity contribution in [2.45, 2.75) is 38.4 Å². The fourth-order valence-corrected chi connectivity index (χ4v) is 4.15. The van der Waals surface area contributed by atoms with Gasteiger partial charge in [0.1, 0.15) is 13.0 Å². The number of halogens is 3. The minimum absolute atomic E-state index is 0.199. The van der Waals surface area contributed by atoms with E-state index in [1.54, 1.807) is 10.2 Å². The van der Waals surface area contributed by atoms with Gasteiger partial charge >= 0.3 is 6.18 Å². The Balaban J connectivity index is 1.43. The molecule has 3 rings (SSSR count). The standard InChI is InChI=1S/C20H26F3N3O2/c21-20(22,23)14-24-17(27)12-18(28)26-10-7-19(8-11-26)6-9-25(15-19)13-16-4-2-1-3-5-16/h1-5H,6-15H2,(H,24,27). The van der Waals surface area contributed by atoms with Crippen LogP contribution in [0.5, 0.6) is 0 Å². The summed E-state index contributed by atoms with van der Waals surface area (Å²) in [6.07, 6.45) is -2.16. The summed E-state index contributed by atoms with van der Waals surface area (Å²) in [7, 11) is 0. The highest BCUT2D eigenvalue weighted by molar-refractivity contribution is 5.96. The Hall–Kier alpha value is -2.09. The first-order valence-electron chi connectivity index (χ1n) is 9.62. The van der Waals surface area contributed by atoms with Crippen LogP contribution in [0.1, 0.15) is 31.2 Å². The summed E-state index contributed by atoms with van der Waals surface area (Å²) in [6, 6.07) is 10.3. The van der Waals surface area contributed by atoms with E-state index in [9.17, 15) is 22.8 Å². The maximum absolute atomic E-state index is 12.2. The van der Waals surface area contributed by atoms with Crippen LogP contribution < -0.4 is 5.32 Å². The first kappa shape index (κ1) is 20.6. The van der Waals surface area contributed by atoms with Crippen LogP contribution in [0.4, 0.5) is 13.2 Å². The molecule has 1 spiro atoms. The second kappa shape index (κ2) is 8.51. The van der Waals surface area contributed by atoms with E-state index in [0.717, 1.165) is 38.9 Å². The third-order valence-corrected chi connectivity index (χ3v) is 5.74. The van der Waals surface area contributed by atoms with Gasteiger partial charge in [-0.2, -0.15) is 13.2 Å². The minimum atomic E-state index is -4.47. The Morgan fingerprint density at radius 2 is 1.68 bits per heavy atom. The fourth-order valence-electron chi connectivity index (χ4n) is 4.15. The van der Waals surface area contributed by atoms with Crippen molar-refractivity contribution < 1.29 is 22.8 Å². The molecule has 5 nitrogen and oxygen atoms in total. The van der Waals surface area contributed by atoms with Crippen LogP contribution in [0.15, 0.2) is 30.3 Å². The summed E-state index contributed by atoms with van der Waals surface area (Å²) in [4.78, 5) is 27.8. The number of likely N-dealkylation sites (tertiary alicyclic amines) is 2. The van der Waals surface area contributed by atoms with E-state index < -0.39 is 31.0 Å². The van der Waals surface area contributed by atoms with Crippen LogP contribution in [0.25, 0.3) is 0 Å². The van der Waals surface area contributed by atoms with Crippen LogP contribution in [0, 0.1) is 5.41 Å². The lowest BCUT2D eigenvalue weighted by Gasteiger charge is -2.39. The van der Waals surface area contributed by atoms with Crippen molar-refractivity contribution in [1.82, 2.24) is 15.1 Å². The lowest BCUT2D eigenvalue weighted by atomic mass is 9.77. The van der Waals surface area contributed by atoms with Gasteiger partial charge < -0.3 is 10.2 Å². The van der Waals surface area contributed by atoms with E-state index in [-0.39, 0.29) is 5.41 Å². The van der Waals surface area contributed by atoms with Gasteiger partial charge in [0.05, 0.1) is 0 Å². The molecule has 8 heteroatoms. The Morgan fingerprint density at radius 3 is 2.32 bits per heavy atom. The quantitative estimate of drug-likeness (QED) is 0.777. The Labute approximate surface area is 162 Å². The maximum Gasteiger partial charge on any atom is 0.405 e. The number of alkyl halides is 3. The molecule has 2 aliphatic heterocycles. The van der Waals surface area contributed by atoms with Crippen LogP contribution in [0.2, 0.25) is 0 Å². The van der Waals surface area contributed by atoms with E-state index >= 15 is 0 Å². The largest absolute Gasteiger partial charge is 0.405 e. The lowest BCUT2D eigenvalue weighted by Crippen LogP contribution is -2.45. The summed E-state index contributed by atoms with van der Waals surface area (Å²) in [5, 5.41) is 1.75. The first-order chi connectivity index (χ1) is 13.2. The molecule has 1 aromatic rings. The van der Waals surface area contributed by atoms with Crippen molar-refractivity contribution >= 4 is 11.8 Å². The number of nitrogens with one attached hydrogen (secondary N) is 1. The maximum atomic E-state index is 12.2. The molecule has 1 aromatic carbocycles. The van der Waals surface area contributed by atoms with Gasteiger partial charge in [-0.05, 0) is 36.8 Å². The molecule has 0 atom stereocenters. The first-order valence-corrected chi connectivity index (χ1v) is 9.62. The lowest BCUT2D eigenvalue weighted by molar-refractivity contribution is -0.144. The van der Waals surface area contributed by atoms with E-state index in [0.29, 0.717) is 13.1 Å². The molecule has 0 unspecified atom stereocenters. The van der Waals surface area contributed by atoms with Crippen molar-refractivity contribution in [2.75, 3.05) is 32.7 Å². The molecule has 2 saturated heterocycles. The summed E-state index contributed by atoms with van der Waals surface area (Å²) in [5.74, 6) is -1.27. The molecule has 0 aliphatic carbocycles. The Bertz CT molecular complexity index is 686. The zero-order chi connectivity index (χ0) is 20.2. The third kappa shape index (κ3) is 5.70. The zero-order valence-corrected chi connectivity index (χ0v) is 15.8. The second-order valence-corrected chi connectivity index (χ2v) is 7.90. The van der Waals surface area contributed by atoms with Gasteiger partial charge in [-0.25, -0.2) is 0 Å². The Morgan fingerprint density at radius 1 is 1.04 bits per heavy atom. The van der Waals surface area contributed by atoms with Crippen LogP contribution in [0.3, 0.4) is 0 Å². The number of nitrogens with zero attached hydrogens (tertiary/aromatic N) is 2. The molecule has 0 radical (unpaired) electrons. The summed E-state index contributed by atoms with van der Waals surface area (Å²) >= 11 is 0. The van der Waals surface area contributed by atoms with Gasteiger partial charge in [-0.15, -0.1) is 0 Å². The van der Waals surface area contributed by atoms with Crippen LogP contribution in [-0.2, 0) is 16.1 Å². The SMILES string of the molecule is O=C(CC(=O)N1CCC2(CCN(Cc3ccccc3)C2)CC1)NCC(F)(F)F. The highest BCUT2D eigenvalue weighted by Crippen LogP contribution is 2.40. The number of benzene rings is 1. The number of hydrogen-bond acceptors (Lipinski definition) is 3. The summed E-state index contributed by atoms with van der Waals surface area (Å²) < 4.78 is 36.4. The predicted octanol–water partition coefficient (Wildman–Crippen LogP) is 2.57. The number of piperidine rings is 1. The molecule has 2 aliphatic rings. The molecule has 0 aromatic heterocycles. The summed E-state index contributed by atoms with van der Waals surface area (Å²) in [6.45, 7) is 2.66. The molecular formula is C20H26F3N3O2. The molecule has 0 bridgehead atoms. The normalized spacial score (nSPS) is 19.8. The number of rotatable bonds is 5. The second-order valence-electron chi connectivity index (χ2n) is 7.90. The van der Waals surface area contributed by atoms with Crippen molar-refractivity contribution in [3.63, 3.8) is 0 Å². The minimum Gasteiger partial charge on any atom is -0.347 e. The van der Waals surface area contributed by atoms with Crippen molar-refractivity contribution in [3.8, 4) is 0 Å². The smallest absolute Gasteiger partial charge is 0.347 e. The Kier molecular flexibility index (Phi) is 6.27. The van der Waals surface area contributed by atoms with Crippen molar-refractivity contribution in [3.05, 3.63) is 35.9 Å². The van der Waals surface area contributed by atoms with Crippen molar-refractivity contribution in [2.24, 2.45) is 5.41 Å². The van der Waals surface area contributed by atoms with E-state index in [2.05, 4.69) is 17.0 Å². The van der Waals surface area contributed by atoms with Gasteiger partial charge in [-0.1, -0.05) is 30.3 Å². The molecular weight excluding hydrogens is 371 g/mol. The molecule has 2 amide bonds. The monoisotopic (exact) mass is 397 g/mol.